The summed E-state index contributed by atoms with van der Waals surface area (Å²) in [4.78, 5) is 11.4. The van der Waals surface area contributed by atoms with E-state index in [2.05, 4.69) is 0 Å². The van der Waals surface area contributed by atoms with Gasteiger partial charge in [-0.15, -0.1) is 0 Å². The minimum Gasteiger partial charge on any atom is -0.466 e. The van der Waals surface area contributed by atoms with Gasteiger partial charge in [-0.3, -0.25) is 4.79 Å². The molecule has 0 amide bonds. The van der Waals surface area contributed by atoms with Crippen molar-refractivity contribution >= 4 is 5.97 Å². The molecule has 0 aromatic heterocycles. The van der Waals surface area contributed by atoms with Crippen LogP contribution in [0.3, 0.4) is 0 Å². The van der Waals surface area contributed by atoms with E-state index in [4.69, 9.17) is 14.2 Å². The van der Waals surface area contributed by atoms with Crippen LogP contribution in [0.25, 0.3) is 0 Å². The van der Waals surface area contributed by atoms with Gasteiger partial charge in [0.25, 0.3) is 0 Å². The Kier molecular flexibility index (Phi) is 4.18. The zero-order valence-corrected chi connectivity index (χ0v) is 9.81. The van der Waals surface area contributed by atoms with Gasteiger partial charge >= 0.3 is 5.97 Å². The van der Waals surface area contributed by atoms with Gasteiger partial charge in [-0.2, -0.15) is 0 Å². The third-order valence-electron chi connectivity index (χ3n) is 3.20. The van der Waals surface area contributed by atoms with E-state index in [1.54, 1.807) is 0 Å². The molecule has 1 saturated carbocycles. The fourth-order valence-corrected chi connectivity index (χ4v) is 2.16. The molecule has 2 aliphatic rings. The molecule has 4 heteroatoms. The zero-order chi connectivity index (χ0) is 11.4. The summed E-state index contributed by atoms with van der Waals surface area (Å²) < 4.78 is 16.2. The molecule has 1 atom stereocenters. The predicted molar refractivity (Wildman–Crippen MR) is 57.8 cm³/mol. The molecule has 0 radical (unpaired) electrons. The Morgan fingerprint density at radius 3 is 2.81 bits per heavy atom. The summed E-state index contributed by atoms with van der Waals surface area (Å²) in [5.41, 5.74) is 0. The molecule has 1 unspecified atom stereocenters. The number of carbonyl (C=O) groups excluding carboxylic acids is 1. The van der Waals surface area contributed by atoms with Crippen molar-refractivity contribution in [2.45, 2.75) is 51.4 Å². The van der Waals surface area contributed by atoms with E-state index in [0.717, 1.165) is 32.3 Å². The van der Waals surface area contributed by atoms with Crippen molar-refractivity contribution in [3.8, 4) is 0 Å². The van der Waals surface area contributed by atoms with Crippen molar-refractivity contribution in [1.82, 2.24) is 0 Å². The van der Waals surface area contributed by atoms with Gasteiger partial charge in [-0.05, 0) is 39.0 Å². The SMILES string of the molecule is CCOC(=O)C1CC(OC2CCCCO2)C1. The smallest absolute Gasteiger partial charge is 0.309 e. The van der Waals surface area contributed by atoms with E-state index < -0.39 is 0 Å². The van der Waals surface area contributed by atoms with E-state index in [-0.39, 0.29) is 24.3 Å². The molecule has 1 saturated heterocycles. The molecule has 0 aromatic rings. The predicted octanol–water partition coefficient (Wildman–Crippen LogP) is 1.87. The molecule has 1 aliphatic heterocycles. The highest BCUT2D eigenvalue weighted by Crippen LogP contribution is 2.33. The van der Waals surface area contributed by atoms with Crippen LogP contribution in [0.15, 0.2) is 0 Å². The minimum atomic E-state index is -0.0769. The van der Waals surface area contributed by atoms with Crippen LogP contribution in [0.5, 0.6) is 0 Å². The maximum absolute atomic E-state index is 11.4. The molecule has 1 aliphatic carbocycles. The van der Waals surface area contributed by atoms with Crippen molar-refractivity contribution in [2.75, 3.05) is 13.2 Å². The summed E-state index contributed by atoms with van der Waals surface area (Å²) in [7, 11) is 0. The summed E-state index contributed by atoms with van der Waals surface area (Å²) in [6, 6.07) is 0. The lowest BCUT2D eigenvalue weighted by Gasteiger charge is -2.36. The summed E-state index contributed by atoms with van der Waals surface area (Å²) in [6.45, 7) is 3.10. The number of esters is 1. The van der Waals surface area contributed by atoms with E-state index in [1.807, 2.05) is 6.92 Å². The van der Waals surface area contributed by atoms with Crippen LogP contribution in [0, 0.1) is 5.92 Å². The van der Waals surface area contributed by atoms with Crippen molar-refractivity contribution in [1.29, 1.82) is 0 Å². The van der Waals surface area contributed by atoms with Gasteiger partial charge < -0.3 is 14.2 Å². The summed E-state index contributed by atoms with van der Waals surface area (Å²) in [6.07, 6.45) is 5.03. The van der Waals surface area contributed by atoms with E-state index >= 15 is 0 Å². The molecule has 2 rings (SSSR count). The molecule has 1 heterocycles. The van der Waals surface area contributed by atoms with E-state index in [9.17, 15) is 4.79 Å². The lowest BCUT2D eigenvalue weighted by Crippen LogP contribution is -2.40. The molecule has 92 valence electrons. The van der Waals surface area contributed by atoms with Crippen molar-refractivity contribution in [2.24, 2.45) is 5.92 Å². The minimum absolute atomic E-state index is 0.0399. The van der Waals surface area contributed by atoms with Crippen LogP contribution < -0.4 is 0 Å². The Morgan fingerprint density at radius 2 is 2.19 bits per heavy atom. The van der Waals surface area contributed by atoms with Gasteiger partial charge in [0.15, 0.2) is 6.29 Å². The lowest BCUT2D eigenvalue weighted by molar-refractivity contribution is -0.213. The Balaban J connectivity index is 1.62. The first kappa shape index (κ1) is 11.9. The maximum Gasteiger partial charge on any atom is 0.309 e. The zero-order valence-electron chi connectivity index (χ0n) is 9.81. The van der Waals surface area contributed by atoms with Crippen LogP contribution in [0.2, 0.25) is 0 Å². The Bertz CT molecular complexity index is 229. The first-order chi connectivity index (χ1) is 7.79. The first-order valence-corrected chi connectivity index (χ1v) is 6.23. The van der Waals surface area contributed by atoms with Gasteiger partial charge in [-0.1, -0.05) is 0 Å². The second-order valence-corrected chi connectivity index (χ2v) is 4.47. The van der Waals surface area contributed by atoms with E-state index in [1.165, 1.54) is 6.42 Å². The molecular weight excluding hydrogens is 208 g/mol. The van der Waals surface area contributed by atoms with Crippen molar-refractivity contribution in [3.63, 3.8) is 0 Å². The summed E-state index contributed by atoms with van der Waals surface area (Å²) >= 11 is 0. The van der Waals surface area contributed by atoms with Crippen LogP contribution in [0.1, 0.15) is 39.0 Å². The van der Waals surface area contributed by atoms with Gasteiger partial charge in [0, 0.05) is 6.61 Å². The van der Waals surface area contributed by atoms with Gasteiger partial charge in [0.2, 0.25) is 0 Å². The third-order valence-corrected chi connectivity index (χ3v) is 3.20. The molecule has 0 N–H and O–H groups in total. The lowest BCUT2D eigenvalue weighted by atomic mass is 9.82. The van der Waals surface area contributed by atoms with Crippen LogP contribution in [-0.2, 0) is 19.0 Å². The Hall–Kier alpha value is -0.610. The second kappa shape index (κ2) is 5.64. The summed E-state index contributed by atoms with van der Waals surface area (Å²) in [5.74, 6) is -0.0274. The molecule has 0 spiro atoms. The Labute approximate surface area is 96.2 Å². The molecule has 4 nitrogen and oxygen atoms in total. The fraction of sp³-hybridized carbons (Fsp3) is 0.917. The third kappa shape index (κ3) is 2.95. The van der Waals surface area contributed by atoms with Gasteiger partial charge in [0.1, 0.15) is 0 Å². The van der Waals surface area contributed by atoms with Crippen LogP contribution in [-0.4, -0.2) is 31.6 Å². The Morgan fingerprint density at radius 1 is 1.38 bits per heavy atom. The molecular formula is C12H20O4. The quantitative estimate of drug-likeness (QED) is 0.689. The highest BCUT2D eigenvalue weighted by Gasteiger charge is 2.37. The number of hydrogen-bond donors (Lipinski definition) is 0. The monoisotopic (exact) mass is 228 g/mol. The number of carbonyl (C=O) groups is 1. The largest absolute Gasteiger partial charge is 0.466 e. The molecule has 16 heavy (non-hydrogen) atoms. The average Bonchev–Trinajstić information content (AvgIpc) is 2.24. The first-order valence-electron chi connectivity index (χ1n) is 6.23. The van der Waals surface area contributed by atoms with Crippen molar-refractivity contribution in [3.05, 3.63) is 0 Å². The second-order valence-electron chi connectivity index (χ2n) is 4.47. The molecule has 0 bridgehead atoms. The number of ether oxygens (including phenoxy) is 3. The topological polar surface area (TPSA) is 44.8 Å². The average molecular weight is 228 g/mol. The van der Waals surface area contributed by atoms with Crippen LogP contribution >= 0.6 is 0 Å². The standard InChI is InChI=1S/C12H20O4/c1-2-14-12(13)9-7-10(8-9)16-11-5-3-4-6-15-11/h9-11H,2-8H2,1H3. The van der Waals surface area contributed by atoms with Gasteiger partial charge in [0.05, 0.1) is 18.6 Å². The normalized spacial score (nSPS) is 34.2. The van der Waals surface area contributed by atoms with Crippen LogP contribution in [0.4, 0.5) is 0 Å². The number of hydrogen-bond acceptors (Lipinski definition) is 4. The summed E-state index contributed by atoms with van der Waals surface area (Å²) in [5, 5.41) is 0. The van der Waals surface area contributed by atoms with E-state index in [0.29, 0.717) is 6.61 Å². The maximum atomic E-state index is 11.4. The highest BCUT2D eigenvalue weighted by molar-refractivity contribution is 5.73. The van der Waals surface area contributed by atoms with Crippen molar-refractivity contribution < 1.29 is 19.0 Å². The van der Waals surface area contributed by atoms with Gasteiger partial charge in [-0.25, -0.2) is 0 Å². The highest BCUT2D eigenvalue weighted by atomic mass is 16.7. The number of rotatable bonds is 4. The fourth-order valence-electron chi connectivity index (χ4n) is 2.16. The molecule has 2 fully saturated rings. The molecule has 0 aromatic carbocycles.